The number of methoxy groups -OCH3 is 1. The van der Waals surface area contributed by atoms with Crippen LogP contribution in [-0.4, -0.2) is 28.7 Å². The van der Waals surface area contributed by atoms with Gasteiger partial charge in [0.1, 0.15) is 17.6 Å². The van der Waals surface area contributed by atoms with Crippen molar-refractivity contribution in [3.8, 4) is 16.9 Å². The summed E-state index contributed by atoms with van der Waals surface area (Å²) in [6.45, 7) is 1.89. The number of ether oxygens (including phenoxy) is 1. The smallest absolute Gasteiger partial charge is 0.251 e. The first-order valence-corrected chi connectivity index (χ1v) is 8.96. The number of amides is 2. The SMILES string of the molecule is COc1ccccc1NC(=O)CC1C(=O)Nc2c(-c3ccccc3)c(C)nn21. The van der Waals surface area contributed by atoms with E-state index in [1.165, 1.54) is 0 Å². The van der Waals surface area contributed by atoms with E-state index in [1.807, 2.05) is 49.4 Å². The van der Waals surface area contributed by atoms with E-state index in [2.05, 4.69) is 15.7 Å². The average Bonchev–Trinajstić information content (AvgIpc) is 3.16. The molecule has 7 heteroatoms. The van der Waals surface area contributed by atoms with Crippen LogP contribution in [0.2, 0.25) is 0 Å². The van der Waals surface area contributed by atoms with Crippen molar-refractivity contribution in [2.45, 2.75) is 19.4 Å². The second-order valence-corrected chi connectivity index (χ2v) is 6.58. The van der Waals surface area contributed by atoms with Crippen LogP contribution in [0.5, 0.6) is 5.75 Å². The molecule has 2 aromatic carbocycles. The lowest BCUT2D eigenvalue weighted by Gasteiger charge is -2.12. The summed E-state index contributed by atoms with van der Waals surface area (Å²) in [6.07, 6.45) is -0.0216. The van der Waals surface area contributed by atoms with E-state index in [9.17, 15) is 9.59 Å². The van der Waals surface area contributed by atoms with Crippen molar-refractivity contribution in [1.82, 2.24) is 9.78 Å². The van der Waals surface area contributed by atoms with E-state index < -0.39 is 6.04 Å². The predicted molar refractivity (Wildman–Crippen MR) is 106 cm³/mol. The lowest BCUT2D eigenvalue weighted by molar-refractivity contribution is -0.123. The summed E-state index contributed by atoms with van der Waals surface area (Å²) in [6, 6.07) is 16.2. The average molecular weight is 376 g/mol. The van der Waals surface area contributed by atoms with Gasteiger partial charge in [0.15, 0.2) is 0 Å². The van der Waals surface area contributed by atoms with Gasteiger partial charge in [0.25, 0.3) is 5.91 Å². The molecule has 0 bridgehead atoms. The number of fused-ring (bicyclic) bond motifs is 1. The van der Waals surface area contributed by atoms with E-state index in [1.54, 1.807) is 23.9 Å². The Labute approximate surface area is 162 Å². The van der Waals surface area contributed by atoms with Crippen LogP contribution in [0.1, 0.15) is 18.2 Å². The number of para-hydroxylation sites is 2. The number of aromatic nitrogens is 2. The highest BCUT2D eigenvalue weighted by atomic mass is 16.5. The molecule has 1 aromatic heterocycles. The molecular formula is C21H20N4O3. The van der Waals surface area contributed by atoms with Crippen LogP contribution in [-0.2, 0) is 9.59 Å². The van der Waals surface area contributed by atoms with Gasteiger partial charge in [-0.2, -0.15) is 5.10 Å². The molecule has 2 heterocycles. The Morgan fingerprint density at radius 1 is 1.18 bits per heavy atom. The molecule has 2 amide bonds. The number of nitrogens with zero attached hydrogens (tertiary/aromatic N) is 2. The summed E-state index contributed by atoms with van der Waals surface area (Å²) in [7, 11) is 1.54. The Morgan fingerprint density at radius 3 is 2.64 bits per heavy atom. The molecule has 0 fully saturated rings. The molecule has 0 aliphatic carbocycles. The maximum absolute atomic E-state index is 12.6. The first kappa shape index (κ1) is 17.8. The summed E-state index contributed by atoms with van der Waals surface area (Å²) < 4.78 is 6.86. The Bertz CT molecular complexity index is 1040. The molecule has 0 saturated carbocycles. The minimum absolute atomic E-state index is 0.0216. The van der Waals surface area contributed by atoms with Crippen LogP contribution in [0.4, 0.5) is 11.5 Å². The fraction of sp³-hybridized carbons (Fsp3) is 0.190. The molecule has 0 spiro atoms. The van der Waals surface area contributed by atoms with Crippen molar-refractivity contribution in [1.29, 1.82) is 0 Å². The molecule has 2 N–H and O–H groups in total. The van der Waals surface area contributed by atoms with Gasteiger partial charge in [-0.15, -0.1) is 0 Å². The number of carbonyl (C=O) groups excluding carboxylic acids is 2. The van der Waals surface area contributed by atoms with Crippen molar-refractivity contribution in [3.63, 3.8) is 0 Å². The number of benzene rings is 2. The molecule has 1 aliphatic heterocycles. The lowest BCUT2D eigenvalue weighted by Crippen LogP contribution is -2.24. The van der Waals surface area contributed by atoms with Gasteiger partial charge in [0, 0.05) is 5.56 Å². The zero-order valence-electron chi connectivity index (χ0n) is 15.6. The highest BCUT2D eigenvalue weighted by molar-refractivity contribution is 6.04. The first-order chi connectivity index (χ1) is 13.6. The number of nitrogens with one attached hydrogen (secondary N) is 2. The van der Waals surface area contributed by atoms with Crippen LogP contribution in [0, 0.1) is 6.92 Å². The molecular weight excluding hydrogens is 356 g/mol. The van der Waals surface area contributed by atoms with Crippen LogP contribution >= 0.6 is 0 Å². The molecule has 4 rings (SSSR count). The van der Waals surface area contributed by atoms with Crippen LogP contribution in [0.15, 0.2) is 54.6 Å². The van der Waals surface area contributed by atoms with E-state index in [4.69, 9.17) is 4.74 Å². The van der Waals surface area contributed by atoms with Crippen molar-refractivity contribution < 1.29 is 14.3 Å². The number of carbonyl (C=O) groups is 2. The number of aryl methyl sites for hydroxylation is 1. The third kappa shape index (κ3) is 3.11. The van der Waals surface area contributed by atoms with E-state index in [-0.39, 0.29) is 18.2 Å². The van der Waals surface area contributed by atoms with Gasteiger partial charge in [-0.25, -0.2) is 4.68 Å². The Balaban J connectivity index is 1.58. The van der Waals surface area contributed by atoms with Gasteiger partial charge in [0.05, 0.1) is 24.9 Å². The van der Waals surface area contributed by atoms with Crippen molar-refractivity contribution in [2.24, 2.45) is 0 Å². The summed E-state index contributed by atoms with van der Waals surface area (Å²) in [5.41, 5.74) is 3.22. The highest BCUT2D eigenvalue weighted by Crippen LogP contribution is 2.38. The number of hydrogen-bond acceptors (Lipinski definition) is 4. The number of anilines is 2. The second-order valence-electron chi connectivity index (χ2n) is 6.58. The quantitative estimate of drug-likeness (QED) is 0.715. The van der Waals surface area contributed by atoms with Crippen LogP contribution in [0.25, 0.3) is 11.1 Å². The van der Waals surface area contributed by atoms with E-state index in [0.717, 1.165) is 16.8 Å². The van der Waals surface area contributed by atoms with Gasteiger partial charge in [-0.1, -0.05) is 42.5 Å². The van der Waals surface area contributed by atoms with Gasteiger partial charge in [0.2, 0.25) is 5.91 Å². The summed E-state index contributed by atoms with van der Waals surface area (Å²) >= 11 is 0. The minimum Gasteiger partial charge on any atom is -0.495 e. The zero-order chi connectivity index (χ0) is 19.7. The molecule has 0 saturated heterocycles. The molecule has 7 nitrogen and oxygen atoms in total. The Kier molecular flexibility index (Phi) is 4.57. The number of hydrogen-bond donors (Lipinski definition) is 2. The number of rotatable bonds is 5. The van der Waals surface area contributed by atoms with Crippen molar-refractivity contribution in [2.75, 3.05) is 17.7 Å². The van der Waals surface area contributed by atoms with Gasteiger partial charge < -0.3 is 15.4 Å². The summed E-state index contributed by atoms with van der Waals surface area (Å²) in [5.74, 6) is 0.666. The van der Waals surface area contributed by atoms with Gasteiger partial charge >= 0.3 is 0 Å². The van der Waals surface area contributed by atoms with E-state index in [0.29, 0.717) is 17.3 Å². The topological polar surface area (TPSA) is 85.2 Å². The van der Waals surface area contributed by atoms with Crippen molar-refractivity contribution in [3.05, 3.63) is 60.3 Å². The molecule has 1 atom stereocenters. The molecule has 28 heavy (non-hydrogen) atoms. The molecule has 142 valence electrons. The van der Waals surface area contributed by atoms with Crippen LogP contribution in [0.3, 0.4) is 0 Å². The summed E-state index contributed by atoms with van der Waals surface area (Å²) in [5, 5.41) is 10.2. The lowest BCUT2D eigenvalue weighted by atomic mass is 10.1. The third-order valence-corrected chi connectivity index (χ3v) is 4.75. The Morgan fingerprint density at radius 2 is 1.89 bits per heavy atom. The van der Waals surface area contributed by atoms with Gasteiger partial charge in [-0.3, -0.25) is 9.59 Å². The van der Waals surface area contributed by atoms with Crippen LogP contribution < -0.4 is 15.4 Å². The molecule has 1 aliphatic rings. The molecule has 0 radical (unpaired) electrons. The van der Waals surface area contributed by atoms with E-state index >= 15 is 0 Å². The Hall–Kier alpha value is -3.61. The maximum Gasteiger partial charge on any atom is 0.251 e. The third-order valence-electron chi connectivity index (χ3n) is 4.75. The first-order valence-electron chi connectivity index (χ1n) is 8.96. The normalized spacial score (nSPS) is 15.1. The fourth-order valence-corrected chi connectivity index (χ4v) is 3.46. The molecule has 3 aromatic rings. The highest BCUT2D eigenvalue weighted by Gasteiger charge is 2.36. The minimum atomic E-state index is -0.694. The standard InChI is InChI=1S/C21H20N4O3/c1-13-19(14-8-4-3-5-9-14)20-23-21(27)16(25(20)24-13)12-18(26)22-15-10-6-7-11-17(15)28-2/h3-11,16H,12H2,1-2H3,(H,22,26)(H,23,27). The van der Waals surface area contributed by atoms with Crippen molar-refractivity contribution >= 4 is 23.3 Å². The fourth-order valence-electron chi connectivity index (χ4n) is 3.46. The predicted octanol–water partition coefficient (Wildman–Crippen LogP) is 3.39. The van der Waals surface area contributed by atoms with Gasteiger partial charge in [-0.05, 0) is 24.6 Å². The molecule has 1 unspecified atom stereocenters. The summed E-state index contributed by atoms with van der Waals surface area (Å²) in [4.78, 5) is 25.1. The monoisotopic (exact) mass is 376 g/mol. The second kappa shape index (κ2) is 7.19. The maximum atomic E-state index is 12.6. The largest absolute Gasteiger partial charge is 0.495 e. The zero-order valence-corrected chi connectivity index (χ0v) is 15.6.